The van der Waals surface area contributed by atoms with Crippen LogP contribution >= 0.6 is 11.6 Å². The minimum Gasteiger partial charge on any atom is -0.324 e. The van der Waals surface area contributed by atoms with Crippen molar-refractivity contribution >= 4 is 34.9 Å². The van der Waals surface area contributed by atoms with E-state index < -0.39 is 0 Å². The summed E-state index contributed by atoms with van der Waals surface area (Å²) in [6.07, 6.45) is 1.20. The predicted octanol–water partition coefficient (Wildman–Crippen LogP) is 0.220. The van der Waals surface area contributed by atoms with Gasteiger partial charge in [0.1, 0.15) is 5.78 Å². The van der Waals surface area contributed by atoms with Crippen molar-refractivity contribution in [1.82, 2.24) is 0 Å². The number of nitrogens with one attached hydrogen (secondary N) is 1. The molecule has 21 heavy (non-hydrogen) atoms. The third-order valence-corrected chi connectivity index (χ3v) is 4.43. The van der Waals surface area contributed by atoms with E-state index in [1.165, 1.54) is 4.90 Å². The number of hydrogen-bond acceptors (Lipinski definition) is 3. The number of benzene rings is 1. The third-order valence-electron chi connectivity index (χ3n) is 4.17. The first kappa shape index (κ1) is 14.2. The Kier molecular flexibility index (Phi) is 3.78. The van der Waals surface area contributed by atoms with Crippen molar-refractivity contribution in [3.8, 4) is 0 Å². The van der Waals surface area contributed by atoms with E-state index in [1.54, 1.807) is 24.3 Å². The van der Waals surface area contributed by atoms with E-state index in [9.17, 15) is 14.4 Å². The van der Waals surface area contributed by atoms with Crippen molar-refractivity contribution in [2.75, 3.05) is 18.0 Å². The number of carbonyl (C=O) groups is 3. The Morgan fingerprint density at radius 3 is 2.29 bits per heavy atom. The fourth-order valence-corrected chi connectivity index (χ4v) is 3.14. The predicted molar refractivity (Wildman–Crippen MR) is 77.3 cm³/mol. The lowest BCUT2D eigenvalue weighted by molar-refractivity contribution is -0.916. The van der Waals surface area contributed by atoms with Crippen LogP contribution in [0.5, 0.6) is 0 Å². The Labute approximate surface area is 127 Å². The molecule has 2 fully saturated rings. The van der Waals surface area contributed by atoms with Gasteiger partial charge in [-0.25, -0.2) is 4.90 Å². The molecule has 0 aliphatic carbocycles. The number of anilines is 1. The summed E-state index contributed by atoms with van der Waals surface area (Å²) in [6.45, 7) is 1.27. The highest BCUT2D eigenvalue weighted by atomic mass is 35.5. The zero-order chi connectivity index (χ0) is 15.0. The Morgan fingerprint density at radius 2 is 1.67 bits per heavy atom. The van der Waals surface area contributed by atoms with Crippen molar-refractivity contribution in [1.29, 1.82) is 0 Å². The molecule has 0 bridgehead atoms. The molecule has 0 unspecified atom stereocenters. The Hall–Kier alpha value is -1.72. The number of rotatable bonds is 2. The van der Waals surface area contributed by atoms with Crippen LogP contribution in [0.25, 0.3) is 0 Å². The van der Waals surface area contributed by atoms with Crippen molar-refractivity contribution in [2.45, 2.75) is 25.3 Å². The van der Waals surface area contributed by atoms with Crippen LogP contribution in [0.2, 0.25) is 5.02 Å². The molecule has 5 nitrogen and oxygen atoms in total. The first-order valence-corrected chi connectivity index (χ1v) is 7.42. The van der Waals surface area contributed by atoms with Gasteiger partial charge in [0.2, 0.25) is 5.91 Å². The maximum atomic E-state index is 12.5. The minimum atomic E-state index is -0.360. The van der Waals surface area contributed by atoms with E-state index in [0.29, 0.717) is 36.6 Å². The summed E-state index contributed by atoms with van der Waals surface area (Å²) in [6, 6.07) is 6.32. The van der Waals surface area contributed by atoms with E-state index in [4.69, 9.17) is 11.6 Å². The standard InChI is InChI=1S/C15H15ClN2O3/c16-10-1-3-11(4-2-10)18-14(20)9-13(15(18)21)17-7-5-12(19)6-8-17/h1-4,13H,5-9H2/p+1/t13-/m0/s1. The Balaban J connectivity index is 1.79. The van der Waals surface area contributed by atoms with Crippen LogP contribution in [0, 0.1) is 0 Å². The average molecular weight is 308 g/mol. The second-order valence-electron chi connectivity index (χ2n) is 5.50. The van der Waals surface area contributed by atoms with E-state index in [0.717, 1.165) is 4.90 Å². The summed E-state index contributed by atoms with van der Waals surface area (Å²) in [7, 11) is 0. The molecule has 1 atom stereocenters. The fourth-order valence-electron chi connectivity index (χ4n) is 3.01. The van der Waals surface area contributed by atoms with E-state index in [1.807, 2.05) is 0 Å². The number of halogens is 1. The van der Waals surface area contributed by atoms with Crippen molar-refractivity contribution < 1.29 is 19.3 Å². The molecule has 2 heterocycles. The first-order chi connectivity index (χ1) is 10.1. The van der Waals surface area contributed by atoms with Gasteiger partial charge in [0.15, 0.2) is 6.04 Å². The molecule has 3 rings (SSSR count). The molecule has 0 aromatic heterocycles. The first-order valence-electron chi connectivity index (χ1n) is 7.05. The van der Waals surface area contributed by atoms with Gasteiger partial charge < -0.3 is 4.90 Å². The molecule has 1 N–H and O–H groups in total. The normalized spacial score (nSPS) is 24.0. The number of amides is 2. The monoisotopic (exact) mass is 307 g/mol. The number of hydrogen-bond donors (Lipinski definition) is 1. The molecule has 2 aliphatic heterocycles. The molecule has 6 heteroatoms. The van der Waals surface area contributed by atoms with Gasteiger partial charge in [0, 0.05) is 5.02 Å². The molecule has 2 amide bonds. The summed E-state index contributed by atoms with van der Waals surface area (Å²) in [4.78, 5) is 38.3. The van der Waals surface area contributed by atoms with Gasteiger partial charge in [-0.15, -0.1) is 0 Å². The fraction of sp³-hybridized carbons (Fsp3) is 0.400. The molecule has 110 valence electrons. The Morgan fingerprint density at radius 1 is 1.05 bits per heavy atom. The molecular formula is C15H16ClN2O3+. The lowest BCUT2D eigenvalue weighted by Gasteiger charge is -2.27. The van der Waals surface area contributed by atoms with Crippen LogP contribution in [0.15, 0.2) is 24.3 Å². The van der Waals surface area contributed by atoms with Gasteiger partial charge in [-0.05, 0) is 24.3 Å². The van der Waals surface area contributed by atoms with Crippen LogP contribution in [-0.4, -0.2) is 36.7 Å². The molecule has 2 aliphatic rings. The smallest absolute Gasteiger partial charge is 0.292 e. The van der Waals surface area contributed by atoms with Crippen molar-refractivity contribution in [3.63, 3.8) is 0 Å². The van der Waals surface area contributed by atoms with Crippen LogP contribution in [0.4, 0.5) is 5.69 Å². The number of imide groups is 1. The quantitative estimate of drug-likeness (QED) is 0.795. The topological polar surface area (TPSA) is 58.9 Å². The second-order valence-corrected chi connectivity index (χ2v) is 5.93. The molecule has 0 spiro atoms. The third kappa shape index (κ3) is 2.71. The lowest BCUT2D eigenvalue weighted by atomic mass is 10.1. The highest BCUT2D eigenvalue weighted by Crippen LogP contribution is 2.23. The van der Waals surface area contributed by atoms with Crippen LogP contribution < -0.4 is 9.80 Å². The number of ketones is 1. The highest BCUT2D eigenvalue weighted by molar-refractivity contribution is 6.30. The Bertz CT molecular complexity index is 589. The van der Waals surface area contributed by atoms with Crippen LogP contribution in [0.3, 0.4) is 0 Å². The second kappa shape index (κ2) is 5.58. The molecule has 1 aromatic rings. The van der Waals surface area contributed by atoms with E-state index in [2.05, 4.69) is 0 Å². The molecule has 2 saturated heterocycles. The SMILES string of the molecule is O=C1CC[NH+]([C@H]2CC(=O)N(c3ccc(Cl)cc3)C2=O)CC1. The number of likely N-dealkylation sites (tertiary alicyclic amines) is 1. The van der Waals surface area contributed by atoms with Crippen LogP contribution in [-0.2, 0) is 14.4 Å². The van der Waals surface area contributed by atoms with Gasteiger partial charge in [0.05, 0.1) is 38.0 Å². The maximum Gasteiger partial charge on any atom is 0.292 e. The summed E-state index contributed by atoms with van der Waals surface area (Å²) >= 11 is 5.83. The number of carbonyl (C=O) groups excluding carboxylic acids is 3. The molecular weight excluding hydrogens is 292 g/mol. The average Bonchev–Trinajstić information content (AvgIpc) is 2.76. The summed E-state index contributed by atoms with van der Waals surface area (Å²) in [5.41, 5.74) is 0.560. The van der Waals surface area contributed by atoms with E-state index >= 15 is 0 Å². The van der Waals surface area contributed by atoms with Crippen LogP contribution in [0.1, 0.15) is 19.3 Å². The van der Waals surface area contributed by atoms with E-state index in [-0.39, 0.29) is 30.1 Å². The highest BCUT2D eigenvalue weighted by Gasteiger charge is 2.46. The minimum absolute atomic E-state index is 0.174. The molecule has 0 saturated carbocycles. The van der Waals surface area contributed by atoms with Gasteiger partial charge in [-0.3, -0.25) is 14.4 Å². The number of Topliss-reactive ketones (excluding diaryl/α,β-unsaturated/α-hetero) is 1. The van der Waals surface area contributed by atoms with Crippen molar-refractivity contribution in [3.05, 3.63) is 29.3 Å². The number of piperidine rings is 1. The number of nitrogens with zero attached hydrogens (tertiary/aromatic N) is 1. The van der Waals surface area contributed by atoms with Crippen molar-refractivity contribution in [2.24, 2.45) is 0 Å². The largest absolute Gasteiger partial charge is 0.324 e. The summed E-state index contributed by atoms with van der Waals surface area (Å²) in [5, 5.41) is 0.564. The molecule has 1 aromatic carbocycles. The zero-order valence-electron chi connectivity index (χ0n) is 11.5. The van der Waals surface area contributed by atoms with Gasteiger partial charge in [0.25, 0.3) is 5.91 Å². The van der Waals surface area contributed by atoms with Gasteiger partial charge >= 0.3 is 0 Å². The zero-order valence-corrected chi connectivity index (χ0v) is 12.2. The summed E-state index contributed by atoms with van der Waals surface area (Å²) in [5.74, 6) is -0.117. The number of quaternary nitrogens is 1. The van der Waals surface area contributed by atoms with Gasteiger partial charge in [-0.1, -0.05) is 11.6 Å². The van der Waals surface area contributed by atoms with Gasteiger partial charge in [-0.2, -0.15) is 0 Å². The summed E-state index contributed by atoms with van der Waals surface area (Å²) < 4.78 is 0. The lowest BCUT2D eigenvalue weighted by Crippen LogP contribution is -3.17. The maximum absolute atomic E-state index is 12.5. The molecule has 0 radical (unpaired) electrons.